The number of furan rings is 1. The molecule has 0 atom stereocenters. The molecule has 0 aliphatic carbocycles. The molecule has 22 heavy (non-hydrogen) atoms. The summed E-state index contributed by atoms with van der Waals surface area (Å²) in [6.07, 6.45) is 1.31. The zero-order valence-electron chi connectivity index (χ0n) is 11.9. The Morgan fingerprint density at radius 2 is 1.95 bits per heavy atom. The molecule has 6 nitrogen and oxygen atoms in total. The number of methoxy groups -OCH3 is 1. The van der Waals surface area contributed by atoms with Gasteiger partial charge in [-0.05, 0) is 33.6 Å². The molecule has 0 saturated heterocycles. The van der Waals surface area contributed by atoms with E-state index >= 15 is 0 Å². The van der Waals surface area contributed by atoms with E-state index in [1.165, 1.54) is 12.3 Å². The van der Waals surface area contributed by atoms with E-state index in [1.54, 1.807) is 7.11 Å². The zero-order valence-corrected chi connectivity index (χ0v) is 13.5. The fourth-order valence-electron chi connectivity index (χ4n) is 1.70. The average molecular weight is 367 g/mol. The van der Waals surface area contributed by atoms with Crippen LogP contribution < -0.4 is 15.4 Å². The van der Waals surface area contributed by atoms with Crippen LogP contribution in [0.1, 0.15) is 15.9 Å². The van der Waals surface area contributed by atoms with Crippen LogP contribution in [0.5, 0.6) is 5.75 Å². The Balaban J connectivity index is 1.74. The van der Waals surface area contributed by atoms with Gasteiger partial charge in [-0.25, -0.2) is 0 Å². The monoisotopic (exact) mass is 366 g/mol. The summed E-state index contributed by atoms with van der Waals surface area (Å²) in [5, 5.41) is 5.24. The molecule has 0 fully saturated rings. The number of benzene rings is 1. The van der Waals surface area contributed by atoms with Gasteiger partial charge in [-0.15, -0.1) is 0 Å². The van der Waals surface area contributed by atoms with Gasteiger partial charge in [0.25, 0.3) is 5.91 Å². The smallest absolute Gasteiger partial charge is 0.255 e. The summed E-state index contributed by atoms with van der Waals surface area (Å²) in [4.78, 5) is 23.4. The number of amides is 2. The van der Waals surface area contributed by atoms with Crippen LogP contribution in [-0.2, 0) is 11.3 Å². The van der Waals surface area contributed by atoms with Crippen molar-refractivity contribution < 1.29 is 18.7 Å². The molecule has 1 aromatic carbocycles. The molecule has 0 bridgehead atoms. The first-order valence-electron chi connectivity index (χ1n) is 6.50. The highest BCUT2D eigenvalue weighted by molar-refractivity contribution is 9.10. The van der Waals surface area contributed by atoms with Gasteiger partial charge in [-0.1, -0.05) is 12.1 Å². The Labute approximate surface area is 136 Å². The van der Waals surface area contributed by atoms with E-state index in [2.05, 4.69) is 26.6 Å². The molecule has 0 unspecified atom stereocenters. The zero-order chi connectivity index (χ0) is 15.9. The van der Waals surface area contributed by atoms with Gasteiger partial charge in [0.2, 0.25) is 5.91 Å². The third-order valence-electron chi connectivity index (χ3n) is 2.89. The highest BCUT2D eigenvalue weighted by Gasteiger charge is 2.10. The molecule has 0 radical (unpaired) electrons. The van der Waals surface area contributed by atoms with Crippen LogP contribution >= 0.6 is 15.9 Å². The van der Waals surface area contributed by atoms with Gasteiger partial charge in [0.1, 0.15) is 12.0 Å². The van der Waals surface area contributed by atoms with Crippen molar-refractivity contribution in [2.24, 2.45) is 0 Å². The van der Waals surface area contributed by atoms with Crippen LogP contribution in [0.3, 0.4) is 0 Å². The average Bonchev–Trinajstić information content (AvgIpc) is 2.97. The summed E-state index contributed by atoms with van der Waals surface area (Å²) in [7, 11) is 1.60. The van der Waals surface area contributed by atoms with Crippen molar-refractivity contribution in [1.29, 1.82) is 0 Å². The summed E-state index contributed by atoms with van der Waals surface area (Å²) in [5.74, 6) is 0.120. The van der Waals surface area contributed by atoms with Crippen molar-refractivity contribution in [1.82, 2.24) is 10.6 Å². The Morgan fingerprint density at radius 1 is 1.23 bits per heavy atom. The third kappa shape index (κ3) is 4.63. The van der Waals surface area contributed by atoms with Gasteiger partial charge in [0, 0.05) is 12.6 Å². The minimum atomic E-state index is -0.367. The number of ether oxygens (including phenoxy) is 1. The van der Waals surface area contributed by atoms with Gasteiger partial charge in [-0.2, -0.15) is 0 Å². The Kier molecular flexibility index (Phi) is 5.60. The van der Waals surface area contributed by atoms with Crippen LogP contribution in [0, 0.1) is 0 Å². The molecule has 0 aliphatic rings. The largest absolute Gasteiger partial charge is 0.497 e. The van der Waals surface area contributed by atoms with E-state index in [9.17, 15) is 9.59 Å². The minimum absolute atomic E-state index is 0.0994. The van der Waals surface area contributed by atoms with Crippen LogP contribution in [0.25, 0.3) is 0 Å². The summed E-state index contributed by atoms with van der Waals surface area (Å²) in [6.45, 7) is 0.285. The lowest BCUT2D eigenvalue weighted by Crippen LogP contribution is -2.36. The molecule has 0 spiro atoms. The lowest BCUT2D eigenvalue weighted by molar-refractivity contribution is -0.120. The van der Waals surface area contributed by atoms with E-state index in [-0.39, 0.29) is 18.4 Å². The highest BCUT2D eigenvalue weighted by Crippen LogP contribution is 2.13. The molecule has 1 heterocycles. The molecule has 0 aliphatic heterocycles. The molecule has 2 amide bonds. The number of carbonyl (C=O) groups excluding carboxylic acids is 2. The fourth-order valence-corrected chi connectivity index (χ4v) is 2.04. The molecule has 7 heteroatoms. The topological polar surface area (TPSA) is 80.6 Å². The van der Waals surface area contributed by atoms with Gasteiger partial charge < -0.3 is 19.8 Å². The number of nitrogens with one attached hydrogen (secondary N) is 2. The SMILES string of the molecule is COc1ccc(CNC(=O)CNC(=O)c2coc(Br)c2)cc1. The van der Waals surface area contributed by atoms with E-state index in [1.807, 2.05) is 24.3 Å². The van der Waals surface area contributed by atoms with Gasteiger partial charge in [-0.3, -0.25) is 9.59 Å². The van der Waals surface area contributed by atoms with E-state index in [0.717, 1.165) is 11.3 Å². The van der Waals surface area contributed by atoms with Crippen molar-refractivity contribution in [2.45, 2.75) is 6.54 Å². The molecule has 2 rings (SSSR count). The predicted molar refractivity (Wildman–Crippen MR) is 83.6 cm³/mol. The number of halogens is 1. The van der Waals surface area contributed by atoms with Crippen LogP contribution in [0.2, 0.25) is 0 Å². The van der Waals surface area contributed by atoms with Gasteiger partial charge in [0.05, 0.1) is 19.2 Å². The van der Waals surface area contributed by atoms with E-state index in [0.29, 0.717) is 16.8 Å². The van der Waals surface area contributed by atoms with E-state index < -0.39 is 0 Å². The van der Waals surface area contributed by atoms with Crippen molar-refractivity contribution in [2.75, 3.05) is 13.7 Å². The molecule has 2 N–H and O–H groups in total. The Hall–Kier alpha value is -2.28. The second-order valence-corrected chi connectivity index (χ2v) is 5.23. The summed E-state index contributed by atoms with van der Waals surface area (Å²) < 4.78 is 10.5. The summed E-state index contributed by atoms with van der Waals surface area (Å²) >= 11 is 3.11. The molecular weight excluding hydrogens is 352 g/mol. The lowest BCUT2D eigenvalue weighted by Gasteiger charge is -2.07. The lowest BCUT2D eigenvalue weighted by atomic mass is 10.2. The minimum Gasteiger partial charge on any atom is -0.497 e. The first-order valence-corrected chi connectivity index (χ1v) is 7.29. The maximum atomic E-state index is 11.7. The second kappa shape index (κ2) is 7.65. The highest BCUT2D eigenvalue weighted by atomic mass is 79.9. The molecule has 0 saturated carbocycles. The second-order valence-electron chi connectivity index (χ2n) is 4.45. The number of rotatable bonds is 6. The maximum Gasteiger partial charge on any atom is 0.255 e. The number of hydrogen-bond acceptors (Lipinski definition) is 4. The molecular formula is C15H15BrN2O4. The van der Waals surface area contributed by atoms with Crippen molar-refractivity contribution in [3.8, 4) is 5.75 Å². The third-order valence-corrected chi connectivity index (χ3v) is 3.30. The van der Waals surface area contributed by atoms with Gasteiger partial charge >= 0.3 is 0 Å². The number of hydrogen-bond donors (Lipinski definition) is 2. The molecule has 2 aromatic rings. The Morgan fingerprint density at radius 3 is 2.55 bits per heavy atom. The standard InChI is InChI=1S/C15H15BrN2O4/c1-21-12-4-2-10(3-5-12)7-17-14(19)8-18-15(20)11-6-13(16)22-9-11/h2-6,9H,7-8H2,1H3,(H,17,19)(H,18,20). The van der Waals surface area contributed by atoms with E-state index in [4.69, 9.17) is 9.15 Å². The summed E-state index contributed by atoms with van der Waals surface area (Å²) in [5.41, 5.74) is 1.30. The summed E-state index contributed by atoms with van der Waals surface area (Å²) in [6, 6.07) is 8.89. The van der Waals surface area contributed by atoms with Gasteiger partial charge in [0.15, 0.2) is 4.67 Å². The Bertz CT molecular complexity index is 652. The number of carbonyl (C=O) groups is 2. The van der Waals surface area contributed by atoms with Crippen molar-refractivity contribution >= 4 is 27.7 Å². The van der Waals surface area contributed by atoms with Crippen molar-refractivity contribution in [3.63, 3.8) is 0 Å². The molecule has 1 aromatic heterocycles. The maximum absolute atomic E-state index is 11.7. The normalized spacial score (nSPS) is 10.1. The first-order chi connectivity index (χ1) is 10.6. The van der Waals surface area contributed by atoms with Crippen LogP contribution in [0.4, 0.5) is 0 Å². The molecule has 116 valence electrons. The first kappa shape index (κ1) is 16.1. The fraction of sp³-hybridized carbons (Fsp3) is 0.200. The predicted octanol–water partition coefficient (Wildman–Crippen LogP) is 2.10. The van der Waals surface area contributed by atoms with Crippen molar-refractivity contribution in [3.05, 3.63) is 52.4 Å². The quantitative estimate of drug-likeness (QED) is 0.820. The van der Waals surface area contributed by atoms with Crippen LogP contribution in [-0.4, -0.2) is 25.5 Å². The van der Waals surface area contributed by atoms with Crippen LogP contribution in [0.15, 0.2) is 45.7 Å².